The summed E-state index contributed by atoms with van der Waals surface area (Å²) >= 11 is 0. The Labute approximate surface area is 107 Å². The van der Waals surface area contributed by atoms with Gasteiger partial charge in [-0.05, 0) is 31.2 Å². The zero-order chi connectivity index (χ0) is 13.6. The second kappa shape index (κ2) is 6.39. The fraction of sp³-hybridized carbons (Fsp3) is 0.417. The number of carbonyl (C=O) groups is 1. The normalized spacial score (nSPS) is 11.0. The molecule has 0 fully saturated rings. The van der Waals surface area contributed by atoms with E-state index in [-0.39, 0.29) is 23.9 Å². The molecule has 5 nitrogen and oxygen atoms in total. The van der Waals surface area contributed by atoms with Crippen LogP contribution in [0.15, 0.2) is 29.2 Å². The van der Waals surface area contributed by atoms with Crippen LogP contribution in [0.25, 0.3) is 0 Å². The van der Waals surface area contributed by atoms with Crippen LogP contribution >= 0.6 is 0 Å². The van der Waals surface area contributed by atoms with Crippen molar-refractivity contribution in [2.24, 2.45) is 0 Å². The Balaban J connectivity index is 2.47. The summed E-state index contributed by atoms with van der Waals surface area (Å²) < 4.78 is 32.5. The van der Waals surface area contributed by atoms with Crippen LogP contribution in [-0.2, 0) is 19.4 Å². The highest BCUT2D eigenvalue weighted by atomic mass is 32.2. The summed E-state index contributed by atoms with van der Waals surface area (Å²) in [6.07, 6.45) is 1.31. The summed E-state index contributed by atoms with van der Waals surface area (Å²) in [4.78, 5) is 11.3. The molecule has 6 heteroatoms. The minimum atomic E-state index is -3.19. The van der Waals surface area contributed by atoms with E-state index in [9.17, 15) is 13.2 Å². The molecule has 0 atom stereocenters. The average molecular weight is 272 g/mol. The molecule has 0 N–H and O–H groups in total. The van der Waals surface area contributed by atoms with Gasteiger partial charge in [0.05, 0.1) is 24.5 Å². The van der Waals surface area contributed by atoms with E-state index in [0.29, 0.717) is 12.4 Å². The van der Waals surface area contributed by atoms with Gasteiger partial charge in [-0.15, -0.1) is 0 Å². The molecule has 18 heavy (non-hydrogen) atoms. The van der Waals surface area contributed by atoms with Crippen molar-refractivity contribution in [1.82, 2.24) is 0 Å². The summed E-state index contributed by atoms with van der Waals surface area (Å²) in [6.45, 7) is 2.29. The minimum Gasteiger partial charge on any atom is -0.493 e. The van der Waals surface area contributed by atoms with Gasteiger partial charge in [-0.25, -0.2) is 8.42 Å². The van der Waals surface area contributed by atoms with E-state index in [1.807, 2.05) is 0 Å². The van der Waals surface area contributed by atoms with Gasteiger partial charge in [0.25, 0.3) is 0 Å². The van der Waals surface area contributed by atoms with E-state index in [0.717, 1.165) is 6.26 Å². The van der Waals surface area contributed by atoms with Crippen molar-refractivity contribution in [2.45, 2.75) is 18.2 Å². The molecule has 0 aromatic heterocycles. The number of esters is 1. The Kier molecular flexibility index (Phi) is 5.15. The first-order chi connectivity index (χ1) is 8.43. The van der Waals surface area contributed by atoms with Crippen LogP contribution in [0.5, 0.6) is 5.75 Å². The lowest BCUT2D eigenvalue weighted by molar-refractivity contribution is -0.143. The summed E-state index contributed by atoms with van der Waals surface area (Å²) in [5, 5.41) is 0. The maximum atomic E-state index is 11.2. The van der Waals surface area contributed by atoms with Crippen LogP contribution in [-0.4, -0.2) is 33.9 Å². The lowest BCUT2D eigenvalue weighted by Gasteiger charge is -2.06. The van der Waals surface area contributed by atoms with Gasteiger partial charge < -0.3 is 9.47 Å². The average Bonchev–Trinajstić information content (AvgIpc) is 2.29. The third-order valence-corrected chi connectivity index (χ3v) is 3.26. The first kappa shape index (κ1) is 14.5. The Morgan fingerprint density at radius 1 is 1.22 bits per heavy atom. The van der Waals surface area contributed by atoms with E-state index in [1.54, 1.807) is 19.1 Å². The molecular formula is C12H16O5S. The van der Waals surface area contributed by atoms with E-state index in [2.05, 4.69) is 0 Å². The Morgan fingerprint density at radius 2 is 1.83 bits per heavy atom. The third-order valence-electron chi connectivity index (χ3n) is 2.13. The van der Waals surface area contributed by atoms with Crippen molar-refractivity contribution in [3.05, 3.63) is 24.3 Å². The van der Waals surface area contributed by atoms with Crippen molar-refractivity contribution in [3.8, 4) is 5.75 Å². The zero-order valence-corrected chi connectivity index (χ0v) is 11.2. The van der Waals surface area contributed by atoms with Crippen molar-refractivity contribution >= 4 is 15.8 Å². The van der Waals surface area contributed by atoms with Crippen LogP contribution in [0.3, 0.4) is 0 Å². The Hall–Kier alpha value is -1.56. The van der Waals surface area contributed by atoms with Crippen molar-refractivity contribution in [1.29, 1.82) is 0 Å². The molecule has 0 saturated carbocycles. The van der Waals surface area contributed by atoms with E-state index < -0.39 is 9.84 Å². The van der Waals surface area contributed by atoms with Crippen molar-refractivity contribution in [2.75, 3.05) is 19.5 Å². The number of rotatable bonds is 6. The highest BCUT2D eigenvalue weighted by molar-refractivity contribution is 7.90. The SMILES string of the molecule is CCOC(=O)CCOc1ccc(S(C)(=O)=O)cc1. The van der Waals surface area contributed by atoms with Gasteiger partial charge in [0.1, 0.15) is 5.75 Å². The lowest BCUT2D eigenvalue weighted by atomic mass is 10.3. The smallest absolute Gasteiger partial charge is 0.309 e. The summed E-state index contributed by atoms with van der Waals surface area (Å²) in [5.74, 6) is 0.206. The molecular weight excluding hydrogens is 256 g/mol. The molecule has 1 aromatic carbocycles. The first-order valence-electron chi connectivity index (χ1n) is 5.52. The maximum Gasteiger partial charge on any atom is 0.309 e. The molecule has 0 bridgehead atoms. The molecule has 0 aliphatic rings. The second-order valence-electron chi connectivity index (χ2n) is 3.65. The van der Waals surface area contributed by atoms with Crippen LogP contribution in [0, 0.1) is 0 Å². The molecule has 0 radical (unpaired) electrons. The molecule has 1 aromatic rings. The summed E-state index contributed by atoms with van der Waals surface area (Å²) in [7, 11) is -3.19. The predicted octanol–water partition coefficient (Wildman–Crippen LogP) is 1.42. The van der Waals surface area contributed by atoms with Gasteiger partial charge in [-0.2, -0.15) is 0 Å². The fourth-order valence-corrected chi connectivity index (χ4v) is 1.90. The molecule has 0 aliphatic heterocycles. The minimum absolute atomic E-state index is 0.168. The predicted molar refractivity (Wildman–Crippen MR) is 66.3 cm³/mol. The number of sulfone groups is 1. The largest absolute Gasteiger partial charge is 0.493 e. The Bertz CT molecular complexity index is 490. The highest BCUT2D eigenvalue weighted by Crippen LogP contribution is 2.15. The highest BCUT2D eigenvalue weighted by Gasteiger charge is 2.07. The number of carbonyl (C=O) groups excluding carboxylic acids is 1. The summed E-state index contributed by atoms with van der Waals surface area (Å²) in [6, 6.07) is 6.05. The lowest BCUT2D eigenvalue weighted by Crippen LogP contribution is -2.09. The Morgan fingerprint density at radius 3 is 2.33 bits per heavy atom. The number of hydrogen-bond donors (Lipinski definition) is 0. The standard InChI is InChI=1S/C12H16O5S/c1-3-16-12(13)8-9-17-10-4-6-11(7-5-10)18(2,14)15/h4-7H,3,8-9H2,1-2H3. The molecule has 0 aliphatic carbocycles. The zero-order valence-electron chi connectivity index (χ0n) is 10.4. The van der Waals surface area contributed by atoms with Crippen LogP contribution in [0.1, 0.15) is 13.3 Å². The third kappa shape index (κ3) is 4.75. The first-order valence-corrected chi connectivity index (χ1v) is 7.41. The van der Waals surface area contributed by atoms with Crippen LogP contribution in [0.2, 0.25) is 0 Å². The number of benzene rings is 1. The number of hydrogen-bond acceptors (Lipinski definition) is 5. The van der Waals surface area contributed by atoms with E-state index >= 15 is 0 Å². The van der Waals surface area contributed by atoms with E-state index in [4.69, 9.17) is 9.47 Å². The fourth-order valence-electron chi connectivity index (χ4n) is 1.27. The molecule has 0 saturated heterocycles. The van der Waals surface area contributed by atoms with Crippen LogP contribution < -0.4 is 4.74 Å². The summed E-state index contributed by atoms with van der Waals surface area (Å²) in [5.41, 5.74) is 0. The van der Waals surface area contributed by atoms with E-state index in [1.165, 1.54) is 12.1 Å². The molecule has 1 rings (SSSR count). The second-order valence-corrected chi connectivity index (χ2v) is 5.66. The molecule has 0 unspecified atom stereocenters. The van der Waals surface area contributed by atoms with Crippen molar-refractivity contribution < 1.29 is 22.7 Å². The van der Waals surface area contributed by atoms with Gasteiger partial charge >= 0.3 is 5.97 Å². The molecule has 0 heterocycles. The topological polar surface area (TPSA) is 69.7 Å². The van der Waals surface area contributed by atoms with Gasteiger partial charge in [-0.1, -0.05) is 0 Å². The van der Waals surface area contributed by atoms with Gasteiger partial charge in [0.2, 0.25) is 0 Å². The monoisotopic (exact) mass is 272 g/mol. The van der Waals surface area contributed by atoms with Crippen molar-refractivity contribution in [3.63, 3.8) is 0 Å². The van der Waals surface area contributed by atoms with Gasteiger partial charge in [0.15, 0.2) is 9.84 Å². The molecule has 100 valence electrons. The van der Waals surface area contributed by atoms with Gasteiger partial charge in [-0.3, -0.25) is 4.79 Å². The maximum absolute atomic E-state index is 11.2. The van der Waals surface area contributed by atoms with Crippen LogP contribution in [0.4, 0.5) is 0 Å². The van der Waals surface area contributed by atoms with Gasteiger partial charge in [0, 0.05) is 6.26 Å². The molecule has 0 amide bonds. The molecule has 0 spiro atoms. The quantitative estimate of drug-likeness (QED) is 0.732. The number of ether oxygens (including phenoxy) is 2.